The van der Waals surface area contributed by atoms with Crippen molar-refractivity contribution in [2.24, 2.45) is 5.92 Å². The van der Waals surface area contributed by atoms with Gasteiger partial charge < -0.3 is 4.42 Å². The monoisotopic (exact) mass is 312 g/mol. The summed E-state index contributed by atoms with van der Waals surface area (Å²) in [6, 6.07) is 0. The van der Waals surface area contributed by atoms with Crippen LogP contribution in [0.3, 0.4) is 0 Å². The molecule has 0 bridgehead atoms. The van der Waals surface area contributed by atoms with Gasteiger partial charge in [-0.1, -0.05) is 26.7 Å². The molecule has 0 amide bonds. The number of sulfonamides is 1. The lowest BCUT2D eigenvalue weighted by atomic mass is 10.1. The summed E-state index contributed by atoms with van der Waals surface area (Å²) in [6.45, 7) is 4.97. The van der Waals surface area contributed by atoms with Crippen LogP contribution in [0.15, 0.2) is 4.42 Å². The number of rotatable bonds is 4. The van der Waals surface area contributed by atoms with Gasteiger partial charge in [-0.25, -0.2) is 13.4 Å². The second-order valence-electron chi connectivity index (χ2n) is 6.59. The van der Waals surface area contributed by atoms with Crippen molar-refractivity contribution >= 4 is 10.0 Å². The summed E-state index contributed by atoms with van der Waals surface area (Å²) in [4.78, 5) is 4.47. The molecule has 0 unspecified atom stereocenters. The number of fused-ring (bicyclic) bond motifs is 1. The van der Waals surface area contributed by atoms with E-state index in [1.54, 1.807) is 4.31 Å². The van der Waals surface area contributed by atoms with Crippen molar-refractivity contribution in [3.63, 3.8) is 0 Å². The molecule has 0 saturated heterocycles. The van der Waals surface area contributed by atoms with Gasteiger partial charge in [-0.05, 0) is 18.8 Å². The first-order valence-corrected chi connectivity index (χ1v) is 9.53. The summed E-state index contributed by atoms with van der Waals surface area (Å²) >= 11 is 0. The fourth-order valence-corrected chi connectivity index (χ4v) is 5.09. The zero-order chi connectivity index (χ0) is 15.0. The van der Waals surface area contributed by atoms with Crippen LogP contribution in [0.4, 0.5) is 0 Å². The standard InChI is InChI=1S/C15H24N2O3S/c1-11(2)15-16-13-9-17(8-7-14(13)20-15)21(18,19)10-12-5-3-4-6-12/h11-12H,3-10H2,1-2H3. The van der Waals surface area contributed by atoms with Crippen molar-refractivity contribution in [3.8, 4) is 0 Å². The lowest BCUT2D eigenvalue weighted by Gasteiger charge is -2.25. The summed E-state index contributed by atoms with van der Waals surface area (Å²) in [5.74, 6) is 2.47. The van der Waals surface area contributed by atoms with Crippen LogP contribution in [-0.2, 0) is 23.0 Å². The second kappa shape index (κ2) is 5.72. The first kappa shape index (κ1) is 15.0. The number of aromatic nitrogens is 1. The highest BCUT2D eigenvalue weighted by Gasteiger charge is 2.32. The van der Waals surface area contributed by atoms with E-state index in [9.17, 15) is 8.42 Å². The molecule has 2 heterocycles. The minimum Gasteiger partial charge on any atom is -0.445 e. The van der Waals surface area contributed by atoms with E-state index in [-0.39, 0.29) is 5.92 Å². The van der Waals surface area contributed by atoms with Crippen LogP contribution in [0.5, 0.6) is 0 Å². The molecule has 0 aromatic carbocycles. The molecular weight excluding hydrogens is 288 g/mol. The Kier molecular flexibility index (Phi) is 4.10. The highest BCUT2D eigenvalue weighted by Crippen LogP contribution is 2.29. The minimum absolute atomic E-state index is 0.235. The lowest BCUT2D eigenvalue weighted by molar-refractivity contribution is 0.351. The van der Waals surface area contributed by atoms with Crippen LogP contribution < -0.4 is 0 Å². The Morgan fingerprint density at radius 1 is 1.33 bits per heavy atom. The minimum atomic E-state index is -3.17. The van der Waals surface area contributed by atoms with Crippen LogP contribution >= 0.6 is 0 Å². The molecule has 0 spiro atoms. The van der Waals surface area contributed by atoms with E-state index in [1.807, 2.05) is 13.8 Å². The first-order chi connectivity index (χ1) is 9.95. The Bertz CT molecular complexity index is 600. The fourth-order valence-electron chi connectivity index (χ4n) is 3.26. The molecule has 2 aliphatic rings. The summed E-state index contributed by atoms with van der Waals surface area (Å²) in [6.07, 6.45) is 5.09. The van der Waals surface area contributed by atoms with Crippen molar-refractivity contribution in [2.45, 2.75) is 58.4 Å². The van der Waals surface area contributed by atoms with Gasteiger partial charge >= 0.3 is 0 Å². The van der Waals surface area contributed by atoms with Gasteiger partial charge in [-0.2, -0.15) is 4.31 Å². The topological polar surface area (TPSA) is 63.4 Å². The van der Waals surface area contributed by atoms with Crippen molar-refractivity contribution in [1.29, 1.82) is 0 Å². The summed E-state index contributed by atoms with van der Waals surface area (Å²) in [7, 11) is -3.17. The van der Waals surface area contributed by atoms with Crippen molar-refractivity contribution in [2.75, 3.05) is 12.3 Å². The van der Waals surface area contributed by atoms with E-state index in [4.69, 9.17) is 4.42 Å². The molecule has 6 heteroatoms. The molecular formula is C15H24N2O3S. The third-order valence-corrected chi connectivity index (χ3v) is 6.51. The zero-order valence-corrected chi connectivity index (χ0v) is 13.7. The number of hydrogen-bond acceptors (Lipinski definition) is 4. The van der Waals surface area contributed by atoms with Gasteiger partial charge in [0.1, 0.15) is 5.76 Å². The highest BCUT2D eigenvalue weighted by atomic mass is 32.2. The van der Waals surface area contributed by atoms with Gasteiger partial charge in [0.05, 0.1) is 18.0 Å². The normalized spacial score (nSPS) is 21.1. The van der Waals surface area contributed by atoms with Crippen molar-refractivity contribution in [3.05, 3.63) is 17.3 Å². The molecule has 1 aromatic heterocycles. The molecule has 5 nitrogen and oxygen atoms in total. The van der Waals surface area contributed by atoms with Crippen LogP contribution in [0.25, 0.3) is 0 Å². The van der Waals surface area contributed by atoms with Crippen molar-refractivity contribution < 1.29 is 12.8 Å². The number of oxazole rings is 1. The highest BCUT2D eigenvalue weighted by molar-refractivity contribution is 7.89. The van der Waals surface area contributed by atoms with E-state index >= 15 is 0 Å². The Morgan fingerprint density at radius 3 is 2.71 bits per heavy atom. The van der Waals surface area contributed by atoms with Gasteiger partial charge in [0.15, 0.2) is 5.89 Å². The molecule has 1 aliphatic carbocycles. The predicted molar refractivity (Wildman–Crippen MR) is 80.5 cm³/mol. The Balaban J connectivity index is 1.72. The van der Waals surface area contributed by atoms with Crippen molar-refractivity contribution in [1.82, 2.24) is 9.29 Å². The van der Waals surface area contributed by atoms with E-state index in [0.29, 0.717) is 31.2 Å². The third-order valence-electron chi connectivity index (χ3n) is 4.52. The smallest absolute Gasteiger partial charge is 0.214 e. The Morgan fingerprint density at radius 2 is 2.05 bits per heavy atom. The molecule has 0 atom stereocenters. The van der Waals surface area contributed by atoms with Gasteiger partial charge in [0.25, 0.3) is 0 Å². The Hall–Kier alpha value is -0.880. The van der Waals surface area contributed by atoms with Gasteiger partial charge in [0, 0.05) is 18.9 Å². The summed E-state index contributed by atoms with van der Waals surface area (Å²) in [5, 5.41) is 0. The average Bonchev–Trinajstić information content (AvgIpc) is 3.05. The van der Waals surface area contributed by atoms with E-state index < -0.39 is 10.0 Å². The van der Waals surface area contributed by atoms with Gasteiger partial charge in [-0.3, -0.25) is 0 Å². The van der Waals surface area contributed by atoms with E-state index in [0.717, 1.165) is 30.2 Å². The summed E-state index contributed by atoms with van der Waals surface area (Å²) in [5.41, 5.74) is 0.806. The Labute approximate surface area is 126 Å². The molecule has 21 heavy (non-hydrogen) atoms. The SMILES string of the molecule is CC(C)c1nc2c(o1)CCN(S(=O)(=O)CC1CCCC1)C2. The third kappa shape index (κ3) is 3.16. The largest absolute Gasteiger partial charge is 0.445 e. The molecule has 0 N–H and O–H groups in total. The number of hydrogen-bond donors (Lipinski definition) is 0. The molecule has 1 aromatic rings. The summed E-state index contributed by atoms with van der Waals surface area (Å²) < 4.78 is 32.4. The quantitative estimate of drug-likeness (QED) is 0.857. The van der Waals surface area contributed by atoms with E-state index in [1.165, 1.54) is 12.8 Å². The van der Waals surface area contributed by atoms with Gasteiger partial charge in [0.2, 0.25) is 10.0 Å². The lowest BCUT2D eigenvalue weighted by Crippen LogP contribution is -2.38. The molecule has 1 saturated carbocycles. The molecule has 118 valence electrons. The average molecular weight is 312 g/mol. The maximum Gasteiger partial charge on any atom is 0.214 e. The number of nitrogens with zero attached hydrogens (tertiary/aromatic N) is 2. The predicted octanol–water partition coefficient (Wildman–Crippen LogP) is 2.68. The van der Waals surface area contributed by atoms with Crippen LogP contribution in [0.1, 0.15) is 62.8 Å². The van der Waals surface area contributed by atoms with Crippen LogP contribution in [0.2, 0.25) is 0 Å². The molecule has 3 rings (SSSR count). The maximum atomic E-state index is 12.6. The van der Waals surface area contributed by atoms with E-state index in [2.05, 4.69) is 4.98 Å². The van der Waals surface area contributed by atoms with Crippen LogP contribution in [0, 0.1) is 5.92 Å². The van der Waals surface area contributed by atoms with Crippen LogP contribution in [-0.4, -0.2) is 30.0 Å². The molecule has 1 fully saturated rings. The fraction of sp³-hybridized carbons (Fsp3) is 0.800. The first-order valence-electron chi connectivity index (χ1n) is 7.92. The molecule has 0 radical (unpaired) electrons. The van der Waals surface area contributed by atoms with Gasteiger partial charge in [-0.15, -0.1) is 0 Å². The second-order valence-corrected chi connectivity index (χ2v) is 8.60. The maximum absolute atomic E-state index is 12.6. The zero-order valence-electron chi connectivity index (χ0n) is 12.8. The molecule has 1 aliphatic heterocycles.